The third-order valence-electron chi connectivity index (χ3n) is 3.87. The number of carboxylic acids is 1. The fraction of sp³-hybridized carbons (Fsp3) is 0.0500. The molecule has 0 spiro atoms. The SMILES string of the molecule is O=C(O)c1cccc(NC(=O)c2c(Oc3ccccc3)cc(C(F)(F)F)[nH]c2=O)c1. The standard InChI is InChI=1S/C20H13F3N2O5/c21-20(22,23)15-10-14(30-13-7-2-1-3-8-13)16(18(27)25-15)17(26)24-12-6-4-5-11(9-12)19(28)29/h1-10H,(H,24,26)(H,25,27)(H,28,29). The Hall–Kier alpha value is -4.08. The van der Waals surface area contributed by atoms with Crippen molar-refractivity contribution in [3.8, 4) is 11.5 Å². The molecule has 154 valence electrons. The van der Waals surface area contributed by atoms with Gasteiger partial charge in [-0.2, -0.15) is 13.2 Å². The van der Waals surface area contributed by atoms with Gasteiger partial charge in [-0.05, 0) is 30.3 Å². The lowest BCUT2D eigenvalue weighted by Crippen LogP contribution is -2.27. The number of nitrogens with one attached hydrogen (secondary N) is 2. The van der Waals surface area contributed by atoms with Gasteiger partial charge < -0.3 is 20.1 Å². The van der Waals surface area contributed by atoms with Gasteiger partial charge in [0.25, 0.3) is 11.5 Å². The van der Waals surface area contributed by atoms with Crippen LogP contribution in [0.15, 0.2) is 65.5 Å². The maximum atomic E-state index is 13.1. The third kappa shape index (κ3) is 4.66. The minimum atomic E-state index is -4.88. The second kappa shape index (κ2) is 8.11. The minimum absolute atomic E-state index is 0.0323. The molecule has 3 aromatic rings. The summed E-state index contributed by atoms with van der Waals surface area (Å²) >= 11 is 0. The number of para-hydroxylation sites is 1. The van der Waals surface area contributed by atoms with E-state index in [0.717, 1.165) is 6.07 Å². The van der Waals surface area contributed by atoms with E-state index >= 15 is 0 Å². The molecule has 1 aromatic heterocycles. The largest absolute Gasteiger partial charge is 0.478 e. The smallest absolute Gasteiger partial charge is 0.431 e. The maximum Gasteiger partial charge on any atom is 0.431 e. The first kappa shape index (κ1) is 20.6. The lowest BCUT2D eigenvalue weighted by molar-refractivity contribution is -0.141. The highest BCUT2D eigenvalue weighted by molar-refractivity contribution is 6.06. The number of rotatable bonds is 5. The van der Waals surface area contributed by atoms with Crippen molar-refractivity contribution in [2.24, 2.45) is 0 Å². The number of hydrogen-bond acceptors (Lipinski definition) is 4. The Morgan fingerprint density at radius 2 is 1.70 bits per heavy atom. The zero-order valence-corrected chi connectivity index (χ0v) is 15.0. The van der Waals surface area contributed by atoms with E-state index < -0.39 is 40.6 Å². The van der Waals surface area contributed by atoms with Crippen molar-refractivity contribution in [3.05, 3.63) is 87.8 Å². The quantitative estimate of drug-likeness (QED) is 0.577. The van der Waals surface area contributed by atoms with Crippen LogP contribution in [-0.2, 0) is 6.18 Å². The number of aromatic carboxylic acids is 1. The van der Waals surface area contributed by atoms with Crippen LogP contribution in [0.4, 0.5) is 18.9 Å². The topological polar surface area (TPSA) is 108 Å². The Kier molecular flexibility index (Phi) is 5.58. The van der Waals surface area contributed by atoms with Crippen molar-refractivity contribution in [3.63, 3.8) is 0 Å². The van der Waals surface area contributed by atoms with Crippen molar-refractivity contribution < 1.29 is 32.6 Å². The molecule has 7 nitrogen and oxygen atoms in total. The lowest BCUT2D eigenvalue weighted by atomic mass is 10.1. The molecule has 10 heteroatoms. The highest BCUT2D eigenvalue weighted by Crippen LogP contribution is 2.32. The van der Waals surface area contributed by atoms with Crippen LogP contribution in [-0.4, -0.2) is 22.0 Å². The summed E-state index contributed by atoms with van der Waals surface area (Å²) in [5, 5.41) is 11.3. The third-order valence-corrected chi connectivity index (χ3v) is 3.87. The van der Waals surface area contributed by atoms with Crippen molar-refractivity contribution >= 4 is 17.6 Å². The van der Waals surface area contributed by atoms with Crippen molar-refractivity contribution in [2.45, 2.75) is 6.18 Å². The van der Waals surface area contributed by atoms with E-state index in [2.05, 4.69) is 5.32 Å². The molecule has 1 amide bonds. The second-order valence-electron chi connectivity index (χ2n) is 6.00. The predicted molar refractivity (Wildman–Crippen MR) is 99.9 cm³/mol. The number of benzene rings is 2. The zero-order valence-electron chi connectivity index (χ0n) is 15.0. The molecule has 1 heterocycles. The van der Waals surface area contributed by atoms with Gasteiger partial charge >= 0.3 is 12.1 Å². The van der Waals surface area contributed by atoms with Crippen LogP contribution in [0.5, 0.6) is 11.5 Å². The van der Waals surface area contributed by atoms with Gasteiger partial charge in [0.15, 0.2) is 0 Å². The highest BCUT2D eigenvalue weighted by Gasteiger charge is 2.34. The summed E-state index contributed by atoms with van der Waals surface area (Å²) in [6.45, 7) is 0. The molecule has 2 aromatic carbocycles. The van der Waals surface area contributed by atoms with Crippen molar-refractivity contribution in [1.29, 1.82) is 0 Å². The number of carbonyl (C=O) groups is 2. The van der Waals surface area contributed by atoms with E-state index in [1.54, 1.807) is 23.2 Å². The van der Waals surface area contributed by atoms with Gasteiger partial charge in [-0.3, -0.25) is 9.59 Å². The van der Waals surface area contributed by atoms with Crippen LogP contribution >= 0.6 is 0 Å². The average Bonchev–Trinajstić information content (AvgIpc) is 2.67. The average molecular weight is 418 g/mol. The predicted octanol–water partition coefficient (Wildman–Crippen LogP) is 4.14. The summed E-state index contributed by atoms with van der Waals surface area (Å²) in [6, 6.07) is 13.3. The molecule has 0 aliphatic rings. The van der Waals surface area contributed by atoms with Gasteiger partial charge in [0.1, 0.15) is 22.8 Å². The summed E-state index contributed by atoms with van der Waals surface area (Å²) in [4.78, 5) is 37.6. The van der Waals surface area contributed by atoms with Gasteiger partial charge in [-0.25, -0.2) is 4.79 Å². The number of carbonyl (C=O) groups excluding carboxylic acids is 1. The molecule has 0 aliphatic heterocycles. The first-order chi connectivity index (χ1) is 14.1. The molecule has 0 saturated carbocycles. The van der Waals surface area contributed by atoms with Gasteiger partial charge in [0, 0.05) is 11.8 Å². The zero-order chi connectivity index (χ0) is 21.9. The van der Waals surface area contributed by atoms with Crippen LogP contribution in [0.25, 0.3) is 0 Å². The molecular weight excluding hydrogens is 405 g/mol. The normalized spacial score (nSPS) is 11.0. The van der Waals surface area contributed by atoms with Crippen LogP contribution in [0.3, 0.4) is 0 Å². The summed E-state index contributed by atoms with van der Waals surface area (Å²) in [5.41, 5.74) is -3.50. The molecule has 0 bridgehead atoms. The van der Waals surface area contributed by atoms with E-state index in [0.29, 0.717) is 6.07 Å². The van der Waals surface area contributed by atoms with E-state index in [4.69, 9.17) is 9.84 Å². The number of hydrogen-bond donors (Lipinski definition) is 3. The Balaban J connectivity index is 2.04. The number of H-pyrrole nitrogens is 1. The minimum Gasteiger partial charge on any atom is -0.478 e. The summed E-state index contributed by atoms with van der Waals surface area (Å²) < 4.78 is 44.7. The summed E-state index contributed by atoms with van der Waals surface area (Å²) in [5.74, 6) is -2.81. The van der Waals surface area contributed by atoms with Crippen molar-refractivity contribution in [2.75, 3.05) is 5.32 Å². The molecular formula is C20H13F3N2O5. The summed E-state index contributed by atoms with van der Waals surface area (Å²) in [7, 11) is 0. The Bertz CT molecular complexity index is 1160. The van der Waals surface area contributed by atoms with Crippen LogP contribution in [0.1, 0.15) is 26.4 Å². The second-order valence-corrected chi connectivity index (χ2v) is 6.00. The van der Waals surface area contributed by atoms with Crippen LogP contribution < -0.4 is 15.6 Å². The van der Waals surface area contributed by atoms with Gasteiger partial charge in [0.05, 0.1) is 5.56 Å². The van der Waals surface area contributed by atoms with Crippen molar-refractivity contribution in [1.82, 2.24) is 4.98 Å². The van der Waals surface area contributed by atoms with E-state index in [1.165, 1.54) is 30.3 Å². The Morgan fingerprint density at radius 3 is 2.33 bits per heavy atom. The Morgan fingerprint density at radius 1 is 1.00 bits per heavy atom. The number of carboxylic acid groups (broad SMARTS) is 1. The first-order valence-electron chi connectivity index (χ1n) is 8.37. The first-order valence-corrected chi connectivity index (χ1v) is 8.37. The van der Waals surface area contributed by atoms with Gasteiger partial charge in [-0.1, -0.05) is 24.3 Å². The number of ether oxygens (including phenoxy) is 1. The van der Waals surface area contributed by atoms with Crippen LogP contribution in [0, 0.1) is 0 Å². The number of aromatic nitrogens is 1. The fourth-order valence-electron chi connectivity index (χ4n) is 2.52. The van der Waals surface area contributed by atoms with Gasteiger partial charge in [-0.15, -0.1) is 0 Å². The highest BCUT2D eigenvalue weighted by atomic mass is 19.4. The molecule has 0 aliphatic carbocycles. The molecule has 0 atom stereocenters. The molecule has 0 unspecified atom stereocenters. The molecule has 3 N–H and O–H groups in total. The number of alkyl halides is 3. The molecule has 3 rings (SSSR count). The number of amides is 1. The number of aromatic amines is 1. The number of pyridine rings is 1. The summed E-state index contributed by atoms with van der Waals surface area (Å²) in [6.07, 6.45) is -4.88. The van der Waals surface area contributed by atoms with E-state index in [1.807, 2.05) is 0 Å². The van der Waals surface area contributed by atoms with Gasteiger partial charge in [0.2, 0.25) is 0 Å². The number of halogens is 3. The molecule has 30 heavy (non-hydrogen) atoms. The monoisotopic (exact) mass is 418 g/mol. The number of anilines is 1. The van der Waals surface area contributed by atoms with E-state index in [-0.39, 0.29) is 17.0 Å². The lowest BCUT2D eigenvalue weighted by Gasteiger charge is -2.14. The van der Waals surface area contributed by atoms with E-state index in [9.17, 15) is 27.6 Å². The maximum absolute atomic E-state index is 13.1. The molecule has 0 radical (unpaired) electrons. The Labute approximate surface area is 166 Å². The molecule has 0 saturated heterocycles. The molecule has 0 fully saturated rings. The fourth-order valence-corrected chi connectivity index (χ4v) is 2.52. The van der Waals surface area contributed by atoms with Crippen LogP contribution in [0.2, 0.25) is 0 Å².